The number of aryl methyl sites for hydroxylation is 2. The topological polar surface area (TPSA) is 71.3 Å². The summed E-state index contributed by atoms with van der Waals surface area (Å²) in [6.45, 7) is 1.99. The van der Waals surface area contributed by atoms with Crippen molar-refractivity contribution in [3.05, 3.63) is 71.4 Å². The summed E-state index contributed by atoms with van der Waals surface area (Å²) in [6.07, 6.45) is 0. The molecule has 5 nitrogen and oxygen atoms in total. The first-order chi connectivity index (χ1) is 11.5. The van der Waals surface area contributed by atoms with E-state index in [1.165, 1.54) is 0 Å². The first-order valence-electron chi connectivity index (χ1n) is 7.62. The van der Waals surface area contributed by atoms with Gasteiger partial charge in [0.15, 0.2) is 6.04 Å². The lowest BCUT2D eigenvalue weighted by Crippen LogP contribution is -2.34. The minimum atomic E-state index is -1.09. The zero-order chi connectivity index (χ0) is 17.3. The molecule has 0 bridgehead atoms. The summed E-state index contributed by atoms with van der Waals surface area (Å²) in [5.74, 6) is -1.51. The van der Waals surface area contributed by atoms with Crippen LogP contribution in [0.3, 0.4) is 0 Å². The van der Waals surface area contributed by atoms with Crippen molar-refractivity contribution in [2.45, 2.75) is 13.0 Å². The molecule has 2 aromatic carbocycles. The second-order valence-electron chi connectivity index (χ2n) is 5.81. The van der Waals surface area contributed by atoms with E-state index in [9.17, 15) is 14.7 Å². The predicted octanol–water partition coefficient (Wildman–Crippen LogP) is 3.04. The number of hydrogen-bond acceptors (Lipinski definition) is 2. The largest absolute Gasteiger partial charge is 0.479 e. The van der Waals surface area contributed by atoms with Gasteiger partial charge in [-0.05, 0) is 30.7 Å². The SMILES string of the molecule is Cc1ccc2c(c1)cc(C(=O)N[C@@H](C(=O)O)c1ccccc1)n2C. The molecule has 0 aliphatic heterocycles. The summed E-state index contributed by atoms with van der Waals surface area (Å²) in [4.78, 5) is 24.2. The van der Waals surface area contributed by atoms with Crippen LogP contribution in [0.1, 0.15) is 27.7 Å². The van der Waals surface area contributed by atoms with Gasteiger partial charge in [-0.25, -0.2) is 4.79 Å². The number of rotatable bonds is 4. The van der Waals surface area contributed by atoms with Gasteiger partial charge in [0, 0.05) is 18.0 Å². The average molecular weight is 322 g/mol. The van der Waals surface area contributed by atoms with Crippen LogP contribution in [0.15, 0.2) is 54.6 Å². The lowest BCUT2D eigenvalue weighted by Gasteiger charge is -2.15. The highest BCUT2D eigenvalue weighted by atomic mass is 16.4. The molecule has 0 unspecified atom stereocenters. The quantitative estimate of drug-likeness (QED) is 0.775. The molecule has 0 saturated carbocycles. The number of nitrogens with one attached hydrogen (secondary N) is 1. The number of carbonyl (C=O) groups is 2. The van der Waals surface area contributed by atoms with Crippen molar-refractivity contribution in [2.75, 3.05) is 0 Å². The van der Waals surface area contributed by atoms with Gasteiger partial charge in [0.2, 0.25) is 0 Å². The lowest BCUT2D eigenvalue weighted by molar-refractivity contribution is -0.139. The van der Waals surface area contributed by atoms with Gasteiger partial charge in [-0.1, -0.05) is 42.0 Å². The number of benzene rings is 2. The Morgan fingerprint density at radius 3 is 2.46 bits per heavy atom. The molecule has 122 valence electrons. The minimum absolute atomic E-state index is 0.414. The van der Waals surface area contributed by atoms with Crippen LogP contribution in [-0.4, -0.2) is 21.6 Å². The number of carboxylic acid groups (broad SMARTS) is 1. The van der Waals surface area contributed by atoms with E-state index in [0.29, 0.717) is 11.3 Å². The normalized spacial score (nSPS) is 12.1. The van der Waals surface area contributed by atoms with Crippen molar-refractivity contribution < 1.29 is 14.7 Å². The van der Waals surface area contributed by atoms with Gasteiger partial charge in [-0.3, -0.25) is 4.79 Å². The Bertz CT molecular complexity index is 913. The molecule has 0 spiro atoms. The van der Waals surface area contributed by atoms with Crippen LogP contribution < -0.4 is 5.32 Å². The molecule has 0 saturated heterocycles. The molecule has 1 heterocycles. The molecular formula is C19H18N2O3. The number of aromatic nitrogens is 1. The van der Waals surface area contributed by atoms with Gasteiger partial charge in [0.05, 0.1) is 0 Å². The highest BCUT2D eigenvalue weighted by Gasteiger charge is 2.24. The Morgan fingerprint density at radius 1 is 1.08 bits per heavy atom. The Morgan fingerprint density at radius 2 is 1.79 bits per heavy atom. The second kappa shape index (κ2) is 6.20. The van der Waals surface area contributed by atoms with Crippen molar-refractivity contribution in [2.24, 2.45) is 7.05 Å². The molecule has 1 aromatic heterocycles. The fourth-order valence-corrected chi connectivity index (χ4v) is 2.82. The van der Waals surface area contributed by atoms with Crippen molar-refractivity contribution >= 4 is 22.8 Å². The van der Waals surface area contributed by atoms with Gasteiger partial charge in [0.25, 0.3) is 5.91 Å². The predicted molar refractivity (Wildman–Crippen MR) is 91.9 cm³/mol. The molecule has 0 fully saturated rings. The molecule has 0 aliphatic rings. The third-order valence-corrected chi connectivity index (χ3v) is 4.09. The minimum Gasteiger partial charge on any atom is -0.479 e. The molecule has 5 heteroatoms. The van der Waals surface area contributed by atoms with E-state index in [4.69, 9.17) is 0 Å². The zero-order valence-electron chi connectivity index (χ0n) is 13.5. The second-order valence-corrected chi connectivity index (χ2v) is 5.81. The Kier molecular flexibility index (Phi) is 4.08. The third kappa shape index (κ3) is 2.88. The highest BCUT2D eigenvalue weighted by molar-refractivity contribution is 6.00. The molecular weight excluding hydrogens is 304 g/mol. The van der Waals surface area contributed by atoms with E-state index in [-0.39, 0.29) is 0 Å². The summed E-state index contributed by atoms with van der Waals surface area (Å²) < 4.78 is 1.77. The number of carbonyl (C=O) groups excluding carboxylic acids is 1. The van der Waals surface area contributed by atoms with E-state index in [0.717, 1.165) is 16.5 Å². The van der Waals surface area contributed by atoms with Gasteiger partial charge in [-0.2, -0.15) is 0 Å². The first-order valence-corrected chi connectivity index (χ1v) is 7.62. The van der Waals surface area contributed by atoms with E-state index in [2.05, 4.69) is 5.32 Å². The standard InChI is InChI=1S/C19H18N2O3/c1-12-8-9-15-14(10-12)11-16(21(15)2)18(22)20-17(19(23)24)13-6-4-3-5-7-13/h3-11,17H,1-2H3,(H,20,22)(H,23,24)/t17-/m1/s1. The van der Waals surface area contributed by atoms with E-state index in [1.54, 1.807) is 48.0 Å². The Hall–Kier alpha value is -3.08. The van der Waals surface area contributed by atoms with Gasteiger partial charge >= 0.3 is 5.97 Å². The van der Waals surface area contributed by atoms with Crippen LogP contribution in [0, 0.1) is 6.92 Å². The Labute approximate surface area is 139 Å². The smallest absolute Gasteiger partial charge is 0.330 e. The van der Waals surface area contributed by atoms with Gasteiger partial charge in [0.1, 0.15) is 5.69 Å². The fourth-order valence-electron chi connectivity index (χ4n) is 2.82. The first kappa shape index (κ1) is 15.8. The summed E-state index contributed by atoms with van der Waals surface area (Å²) in [5.41, 5.74) is 3.00. The van der Waals surface area contributed by atoms with Crippen LogP contribution in [0.5, 0.6) is 0 Å². The van der Waals surface area contributed by atoms with Crippen molar-refractivity contribution in [1.82, 2.24) is 9.88 Å². The number of amides is 1. The summed E-state index contributed by atoms with van der Waals surface area (Å²) in [7, 11) is 1.80. The van der Waals surface area contributed by atoms with Crippen LogP contribution in [0.4, 0.5) is 0 Å². The summed E-state index contributed by atoms with van der Waals surface area (Å²) in [6, 6.07) is 15.3. The van der Waals surface area contributed by atoms with Gasteiger partial charge in [-0.15, -0.1) is 0 Å². The lowest BCUT2D eigenvalue weighted by atomic mass is 10.1. The summed E-state index contributed by atoms with van der Waals surface area (Å²) in [5, 5.41) is 13.0. The monoisotopic (exact) mass is 322 g/mol. The van der Waals surface area contributed by atoms with E-state index in [1.807, 2.05) is 25.1 Å². The number of hydrogen-bond donors (Lipinski definition) is 2. The summed E-state index contributed by atoms with van der Waals surface area (Å²) >= 11 is 0. The van der Waals surface area contributed by atoms with E-state index >= 15 is 0 Å². The third-order valence-electron chi connectivity index (χ3n) is 4.09. The van der Waals surface area contributed by atoms with Crippen molar-refractivity contribution in [1.29, 1.82) is 0 Å². The maximum atomic E-state index is 12.6. The fraction of sp³-hybridized carbons (Fsp3) is 0.158. The molecule has 0 radical (unpaired) electrons. The van der Waals surface area contributed by atoms with Crippen molar-refractivity contribution in [3.8, 4) is 0 Å². The van der Waals surface area contributed by atoms with Crippen LogP contribution >= 0.6 is 0 Å². The molecule has 1 amide bonds. The zero-order valence-corrected chi connectivity index (χ0v) is 13.5. The highest BCUT2D eigenvalue weighted by Crippen LogP contribution is 2.21. The number of fused-ring (bicyclic) bond motifs is 1. The molecule has 24 heavy (non-hydrogen) atoms. The van der Waals surface area contributed by atoms with Gasteiger partial charge < -0.3 is 15.0 Å². The van der Waals surface area contributed by atoms with Crippen LogP contribution in [0.25, 0.3) is 10.9 Å². The molecule has 2 N–H and O–H groups in total. The molecule has 3 rings (SSSR count). The molecule has 1 atom stereocenters. The number of carboxylic acids is 1. The van der Waals surface area contributed by atoms with E-state index < -0.39 is 17.9 Å². The Balaban J connectivity index is 1.94. The number of aliphatic carboxylic acids is 1. The number of nitrogens with zero attached hydrogens (tertiary/aromatic N) is 1. The van der Waals surface area contributed by atoms with Crippen LogP contribution in [-0.2, 0) is 11.8 Å². The van der Waals surface area contributed by atoms with Crippen molar-refractivity contribution in [3.63, 3.8) is 0 Å². The maximum Gasteiger partial charge on any atom is 0.330 e. The molecule has 3 aromatic rings. The van der Waals surface area contributed by atoms with Crippen LogP contribution in [0.2, 0.25) is 0 Å². The average Bonchev–Trinajstić information content (AvgIpc) is 2.89. The molecule has 0 aliphatic carbocycles. The maximum absolute atomic E-state index is 12.6.